The average Bonchev–Trinajstić information content (AvgIpc) is 2.47. The summed E-state index contributed by atoms with van der Waals surface area (Å²) in [6, 6.07) is 1.26. The van der Waals surface area contributed by atoms with E-state index < -0.39 is 23.4 Å². The highest BCUT2D eigenvalue weighted by Crippen LogP contribution is 2.39. The third-order valence-corrected chi connectivity index (χ3v) is 4.46. The van der Waals surface area contributed by atoms with Crippen LogP contribution in [0.25, 0.3) is 0 Å². The van der Waals surface area contributed by atoms with Crippen molar-refractivity contribution in [1.29, 1.82) is 0 Å². The molecular weight excluding hydrogens is 291 g/mol. The molecule has 1 aromatic carbocycles. The topological polar surface area (TPSA) is 20.3 Å². The molecule has 120 valence electrons. The molecule has 0 spiro atoms. The van der Waals surface area contributed by atoms with Crippen molar-refractivity contribution in [2.75, 3.05) is 6.54 Å². The van der Waals surface area contributed by atoms with E-state index in [0.29, 0.717) is 25.5 Å². The second kappa shape index (κ2) is 6.55. The summed E-state index contributed by atoms with van der Waals surface area (Å²) in [7, 11) is 0. The number of hydrogen-bond donors (Lipinski definition) is 0. The van der Waals surface area contributed by atoms with Crippen molar-refractivity contribution in [1.82, 2.24) is 4.90 Å². The van der Waals surface area contributed by atoms with Gasteiger partial charge in [0.25, 0.3) is 0 Å². The maximum absolute atomic E-state index is 14.1. The molecule has 1 aliphatic rings. The summed E-state index contributed by atoms with van der Waals surface area (Å²) in [6.07, 6.45) is 2.48. The van der Waals surface area contributed by atoms with Gasteiger partial charge in [0.05, 0.1) is 0 Å². The molecular formula is C17H20F3NO. The van der Waals surface area contributed by atoms with Crippen molar-refractivity contribution in [2.45, 2.75) is 38.6 Å². The van der Waals surface area contributed by atoms with Crippen LogP contribution < -0.4 is 0 Å². The number of carbonyl (C=O) groups excluding carboxylic acids is 1. The summed E-state index contributed by atoms with van der Waals surface area (Å²) < 4.78 is 41.1. The van der Waals surface area contributed by atoms with Crippen molar-refractivity contribution in [3.05, 3.63) is 47.8 Å². The van der Waals surface area contributed by atoms with Crippen molar-refractivity contribution in [3.63, 3.8) is 0 Å². The van der Waals surface area contributed by atoms with E-state index in [9.17, 15) is 18.0 Å². The van der Waals surface area contributed by atoms with Crippen LogP contribution in [0.4, 0.5) is 13.2 Å². The summed E-state index contributed by atoms with van der Waals surface area (Å²) in [4.78, 5) is 14.0. The first-order valence-corrected chi connectivity index (χ1v) is 7.46. The summed E-state index contributed by atoms with van der Waals surface area (Å²) >= 11 is 0. The van der Waals surface area contributed by atoms with Crippen LogP contribution in [0.15, 0.2) is 24.8 Å². The van der Waals surface area contributed by atoms with Gasteiger partial charge in [-0.15, -0.1) is 6.58 Å². The molecule has 0 aromatic heterocycles. The van der Waals surface area contributed by atoms with E-state index in [4.69, 9.17) is 0 Å². The number of likely N-dealkylation sites (N-methyl/N-ethyl adjacent to an activating group) is 1. The molecule has 1 amide bonds. The summed E-state index contributed by atoms with van der Waals surface area (Å²) in [5, 5.41) is 0. The number of benzene rings is 1. The van der Waals surface area contributed by atoms with E-state index in [0.717, 1.165) is 6.07 Å². The van der Waals surface area contributed by atoms with E-state index in [1.54, 1.807) is 17.9 Å². The molecule has 1 fully saturated rings. The van der Waals surface area contributed by atoms with Crippen molar-refractivity contribution >= 4 is 5.91 Å². The van der Waals surface area contributed by atoms with Crippen LogP contribution in [0, 0.1) is 23.4 Å². The Morgan fingerprint density at radius 2 is 2.05 bits per heavy atom. The third-order valence-electron chi connectivity index (χ3n) is 4.46. The number of allylic oxidation sites excluding steroid dienone is 1. The van der Waals surface area contributed by atoms with Crippen molar-refractivity contribution < 1.29 is 18.0 Å². The van der Waals surface area contributed by atoms with Gasteiger partial charge in [-0.3, -0.25) is 4.79 Å². The van der Waals surface area contributed by atoms with Crippen LogP contribution >= 0.6 is 0 Å². The van der Waals surface area contributed by atoms with E-state index >= 15 is 0 Å². The molecule has 1 heterocycles. The molecule has 0 radical (unpaired) electrons. The van der Waals surface area contributed by atoms with Gasteiger partial charge in [0, 0.05) is 30.5 Å². The van der Waals surface area contributed by atoms with Gasteiger partial charge in [-0.1, -0.05) is 6.08 Å². The molecule has 1 aromatic rings. The lowest BCUT2D eigenvalue weighted by Gasteiger charge is -2.42. The van der Waals surface area contributed by atoms with E-state index in [2.05, 4.69) is 6.58 Å². The Labute approximate surface area is 128 Å². The molecule has 2 nitrogen and oxygen atoms in total. The Bertz CT molecular complexity index is 588. The summed E-state index contributed by atoms with van der Waals surface area (Å²) in [5.74, 6) is -3.80. The van der Waals surface area contributed by atoms with Crippen molar-refractivity contribution in [3.8, 4) is 0 Å². The first-order valence-electron chi connectivity index (χ1n) is 7.46. The van der Waals surface area contributed by atoms with Gasteiger partial charge in [-0.05, 0) is 38.3 Å². The molecule has 3 unspecified atom stereocenters. The molecule has 1 aliphatic heterocycles. The van der Waals surface area contributed by atoms with Gasteiger partial charge >= 0.3 is 0 Å². The second-order valence-electron chi connectivity index (χ2n) is 5.72. The molecule has 0 aliphatic carbocycles. The number of hydrogen-bond acceptors (Lipinski definition) is 1. The number of nitrogens with zero attached hydrogens (tertiary/aromatic N) is 1. The number of amides is 1. The van der Waals surface area contributed by atoms with Gasteiger partial charge < -0.3 is 4.90 Å². The zero-order valence-electron chi connectivity index (χ0n) is 12.8. The largest absolute Gasteiger partial charge is 0.339 e. The molecule has 3 atom stereocenters. The van der Waals surface area contributed by atoms with Gasteiger partial charge in [0.15, 0.2) is 11.6 Å². The number of piperidine rings is 1. The predicted molar refractivity (Wildman–Crippen MR) is 78.8 cm³/mol. The molecule has 0 saturated carbocycles. The SMILES string of the molecule is C=CCC1CC(c2cc(F)cc(F)c2F)C(C)N(CC)C1=O. The van der Waals surface area contributed by atoms with Crippen LogP contribution in [0.3, 0.4) is 0 Å². The van der Waals surface area contributed by atoms with Crippen LogP contribution in [0.2, 0.25) is 0 Å². The Balaban J connectivity index is 2.44. The predicted octanol–water partition coefficient (Wildman–Crippen LogP) is 4.02. The second-order valence-corrected chi connectivity index (χ2v) is 5.72. The van der Waals surface area contributed by atoms with E-state index in [1.807, 2.05) is 6.92 Å². The lowest BCUT2D eigenvalue weighted by Crippen LogP contribution is -2.50. The molecule has 2 rings (SSSR count). The van der Waals surface area contributed by atoms with Gasteiger partial charge in [-0.25, -0.2) is 13.2 Å². The van der Waals surface area contributed by atoms with Gasteiger partial charge in [-0.2, -0.15) is 0 Å². The third kappa shape index (κ3) is 2.89. The zero-order valence-corrected chi connectivity index (χ0v) is 12.8. The Hall–Kier alpha value is -1.78. The number of carbonyl (C=O) groups is 1. The lowest BCUT2D eigenvalue weighted by atomic mass is 9.77. The highest BCUT2D eigenvalue weighted by molar-refractivity contribution is 5.80. The van der Waals surface area contributed by atoms with Crippen LogP contribution in [-0.4, -0.2) is 23.4 Å². The van der Waals surface area contributed by atoms with Gasteiger partial charge in [0.2, 0.25) is 5.91 Å². The van der Waals surface area contributed by atoms with Crippen molar-refractivity contribution in [2.24, 2.45) is 5.92 Å². The summed E-state index contributed by atoms with van der Waals surface area (Å²) in [6.45, 7) is 7.74. The molecule has 0 bridgehead atoms. The minimum atomic E-state index is -1.19. The first kappa shape index (κ1) is 16.6. The highest BCUT2D eigenvalue weighted by atomic mass is 19.2. The normalized spacial score (nSPS) is 25.4. The fraction of sp³-hybridized carbons (Fsp3) is 0.471. The first-order chi connectivity index (χ1) is 10.4. The van der Waals surface area contributed by atoms with Crippen LogP contribution in [0.1, 0.15) is 38.2 Å². The Kier molecular flexibility index (Phi) is 4.94. The molecule has 1 saturated heterocycles. The standard InChI is InChI=1S/C17H20F3NO/c1-4-6-11-7-13(10(3)21(5-2)17(11)22)14-8-12(18)9-15(19)16(14)20/h4,8-11,13H,1,5-7H2,2-3H3. The summed E-state index contributed by atoms with van der Waals surface area (Å²) in [5.41, 5.74) is 0.00464. The quantitative estimate of drug-likeness (QED) is 0.607. The zero-order chi connectivity index (χ0) is 16.4. The van der Waals surface area contributed by atoms with E-state index in [-0.39, 0.29) is 23.4 Å². The molecule has 5 heteroatoms. The number of halogens is 3. The van der Waals surface area contributed by atoms with E-state index in [1.165, 1.54) is 0 Å². The maximum atomic E-state index is 14.1. The minimum Gasteiger partial charge on any atom is -0.339 e. The Morgan fingerprint density at radius 1 is 1.36 bits per heavy atom. The molecule has 0 N–H and O–H groups in total. The maximum Gasteiger partial charge on any atom is 0.226 e. The monoisotopic (exact) mass is 311 g/mol. The Morgan fingerprint density at radius 3 is 2.64 bits per heavy atom. The fourth-order valence-electron chi connectivity index (χ4n) is 3.33. The number of likely N-dealkylation sites (tertiary alicyclic amines) is 1. The smallest absolute Gasteiger partial charge is 0.226 e. The number of rotatable bonds is 4. The van der Waals surface area contributed by atoms with Crippen LogP contribution in [-0.2, 0) is 4.79 Å². The lowest BCUT2D eigenvalue weighted by molar-refractivity contribution is -0.142. The highest BCUT2D eigenvalue weighted by Gasteiger charge is 2.40. The molecule has 22 heavy (non-hydrogen) atoms. The average molecular weight is 311 g/mol. The fourth-order valence-corrected chi connectivity index (χ4v) is 3.33. The van der Waals surface area contributed by atoms with Crippen LogP contribution in [0.5, 0.6) is 0 Å². The minimum absolute atomic E-state index is 0.00464. The van der Waals surface area contributed by atoms with Gasteiger partial charge in [0.1, 0.15) is 5.82 Å².